The molecular weight excluding hydrogens is 198 g/mol. The van der Waals surface area contributed by atoms with Gasteiger partial charge in [0, 0.05) is 6.54 Å². The summed E-state index contributed by atoms with van der Waals surface area (Å²) in [6.45, 7) is 3.94. The quantitative estimate of drug-likeness (QED) is 0.486. The van der Waals surface area contributed by atoms with Gasteiger partial charge in [0.15, 0.2) is 0 Å². The van der Waals surface area contributed by atoms with Crippen LogP contribution in [0, 0.1) is 0 Å². The monoisotopic (exact) mass is 219 g/mol. The predicted molar refractivity (Wildman–Crippen MR) is 58.3 cm³/mol. The van der Waals surface area contributed by atoms with Crippen LogP contribution in [0.3, 0.4) is 0 Å². The highest BCUT2D eigenvalue weighted by atomic mass is 16.4. The highest BCUT2D eigenvalue weighted by Crippen LogP contribution is 1.76. The van der Waals surface area contributed by atoms with E-state index in [1.54, 1.807) is 0 Å². The Balaban J connectivity index is 0. The van der Waals surface area contributed by atoms with Crippen molar-refractivity contribution in [3.05, 3.63) is 0 Å². The molecule has 0 aliphatic carbocycles. The van der Waals surface area contributed by atoms with E-state index < -0.39 is 24.5 Å². The second-order valence-electron chi connectivity index (χ2n) is 2.95. The minimum atomic E-state index is -1.11. The largest absolute Gasteiger partial charge is 0.480 e. The fraction of sp³-hybridized carbons (Fsp3) is 0.778. The van der Waals surface area contributed by atoms with Crippen molar-refractivity contribution in [1.29, 1.82) is 0 Å². The summed E-state index contributed by atoms with van der Waals surface area (Å²) in [5.41, 5.74) is 10.2. The van der Waals surface area contributed by atoms with Gasteiger partial charge in [-0.15, -0.1) is 0 Å². The molecule has 1 unspecified atom stereocenters. The van der Waals surface area contributed by atoms with E-state index in [0.717, 1.165) is 0 Å². The summed E-state index contributed by atoms with van der Waals surface area (Å²) in [4.78, 5) is 20.6. The maximum absolute atomic E-state index is 10.7. The zero-order valence-corrected chi connectivity index (χ0v) is 9.32. The molecule has 15 heavy (non-hydrogen) atoms. The summed E-state index contributed by atoms with van der Waals surface area (Å²) in [7, 11) is 0. The first-order chi connectivity index (χ1) is 6.99. The summed E-state index contributed by atoms with van der Waals surface area (Å²) in [6, 6.07) is -0.825. The number of carbonyl (C=O) groups is 2. The van der Waals surface area contributed by atoms with E-state index in [-0.39, 0.29) is 6.54 Å². The predicted octanol–water partition coefficient (Wildman–Crippen LogP) is -0.720. The van der Waals surface area contributed by atoms with E-state index in [0.29, 0.717) is 0 Å². The standard InChI is InChI=1S/C5H11N3O3.C4H10/c6-1-3(7)5(11)8-2-4(9)10;1-3-4-2/h3H,1-2,6-7H2,(H,8,11)(H,9,10);3-4H2,1-2H3. The lowest BCUT2D eigenvalue weighted by Crippen LogP contribution is -2.46. The number of amides is 1. The number of carbonyl (C=O) groups excluding carboxylic acids is 1. The van der Waals surface area contributed by atoms with Gasteiger partial charge in [-0.05, 0) is 0 Å². The second-order valence-corrected chi connectivity index (χ2v) is 2.95. The molecule has 1 amide bonds. The SMILES string of the molecule is CCCC.NCC(N)C(=O)NCC(=O)O. The van der Waals surface area contributed by atoms with Crippen molar-refractivity contribution in [2.24, 2.45) is 11.5 Å². The molecule has 1 atom stereocenters. The van der Waals surface area contributed by atoms with Crippen molar-refractivity contribution in [2.45, 2.75) is 32.7 Å². The molecule has 0 aromatic heterocycles. The summed E-state index contributed by atoms with van der Waals surface area (Å²) in [5, 5.41) is 10.2. The third-order valence-electron chi connectivity index (χ3n) is 1.50. The Morgan fingerprint density at radius 3 is 2.07 bits per heavy atom. The highest BCUT2D eigenvalue weighted by Gasteiger charge is 2.10. The lowest BCUT2D eigenvalue weighted by molar-refractivity contribution is -0.138. The Morgan fingerprint density at radius 1 is 1.33 bits per heavy atom. The van der Waals surface area contributed by atoms with Gasteiger partial charge in [0.05, 0.1) is 6.04 Å². The van der Waals surface area contributed by atoms with Crippen molar-refractivity contribution in [2.75, 3.05) is 13.1 Å². The molecule has 6 N–H and O–H groups in total. The van der Waals surface area contributed by atoms with Gasteiger partial charge in [0.2, 0.25) is 5.91 Å². The van der Waals surface area contributed by atoms with Crippen molar-refractivity contribution in [1.82, 2.24) is 5.32 Å². The summed E-state index contributed by atoms with van der Waals surface area (Å²) in [6.07, 6.45) is 2.64. The van der Waals surface area contributed by atoms with Gasteiger partial charge in [-0.2, -0.15) is 0 Å². The van der Waals surface area contributed by atoms with Crippen LogP contribution in [0.4, 0.5) is 0 Å². The molecule has 0 aliphatic heterocycles. The van der Waals surface area contributed by atoms with E-state index in [1.165, 1.54) is 12.8 Å². The van der Waals surface area contributed by atoms with Gasteiger partial charge < -0.3 is 21.9 Å². The van der Waals surface area contributed by atoms with Crippen molar-refractivity contribution >= 4 is 11.9 Å². The van der Waals surface area contributed by atoms with E-state index in [1.807, 2.05) is 0 Å². The zero-order chi connectivity index (χ0) is 12.3. The maximum Gasteiger partial charge on any atom is 0.322 e. The highest BCUT2D eigenvalue weighted by molar-refractivity contribution is 5.85. The van der Waals surface area contributed by atoms with Gasteiger partial charge in [0.25, 0.3) is 0 Å². The van der Waals surface area contributed by atoms with Crippen LogP contribution in [0.2, 0.25) is 0 Å². The minimum Gasteiger partial charge on any atom is -0.480 e. The smallest absolute Gasteiger partial charge is 0.322 e. The number of nitrogens with two attached hydrogens (primary N) is 2. The van der Waals surface area contributed by atoms with Crippen LogP contribution in [0.25, 0.3) is 0 Å². The molecular formula is C9H21N3O3. The Hall–Kier alpha value is -1.14. The van der Waals surface area contributed by atoms with Crippen LogP contribution in [0.1, 0.15) is 26.7 Å². The lowest BCUT2D eigenvalue weighted by Gasteiger charge is -2.06. The third-order valence-corrected chi connectivity index (χ3v) is 1.50. The topological polar surface area (TPSA) is 118 Å². The summed E-state index contributed by atoms with van der Waals surface area (Å²) < 4.78 is 0. The Bertz CT molecular complexity index is 183. The normalized spacial score (nSPS) is 10.9. The second kappa shape index (κ2) is 10.9. The number of hydrogen-bond donors (Lipinski definition) is 4. The van der Waals surface area contributed by atoms with Crippen molar-refractivity contribution in [3.8, 4) is 0 Å². The van der Waals surface area contributed by atoms with Gasteiger partial charge in [0.1, 0.15) is 6.54 Å². The first-order valence-electron chi connectivity index (χ1n) is 4.94. The molecule has 90 valence electrons. The third kappa shape index (κ3) is 12.9. The van der Waals surface area contributed by atoms with Gasteiger partial charge in [-0.25, -0.2) is 0 Å². The van der Waals surface area contributed by atoms with Crippen molar-refractivity contribution in [3.63, 3.8) is 0 Å². The first-order valence-corrected chi connectivity index (χ1v) is 4.94. The van der Waals surface area contributed by atoms with E-state index in [2.05, 4.69) is 19.2 Å². The van der Waals surface area contributed by atoms with Crippen molar-refractivity contribution < 1.29 is 14.7 Å². The number of rotatable bonds is 5. The number of aliphatic carboxylic acids is 1. The lowest BCUT2D eigenvalue weighted by atomic mass is 10.3. The average Bonchev–Trinajstić information content (AvgIpc) is 2.24. The molecule has 0 aliphatic rings. The molecule has 0 bridgehead atoms. The molecule has 0 saturated carbocycles. The van der Waals surface area contributed by atoms with Crippen LogP contribution in [0.5, 0.6) is 0 Å². The molecule has 0 aromatic rings. The maximum atomic E-state index is 10.7. The molecule has 6 nitrogen and oxygen atoms in total. The van der Waals surface area contributed by atoms with E-state index in [4.69, 9.17) is 16.6 Å². The summed E-state index contributed by atoms with van der Waals surface area (Å²) >= 11 is 0. The number of carboxylic acids is 1. The first kappa shape index (κ1) is 16.3. The number of unbranched alkanes of at least 4 members (excludes halogenated alkanes) is 1. The molecule has 0 radical (unpaired) electrons. The van der Waals surface area contributed by atoms with E-state index in [9.17, 15) is 9.59 Å². The number of nitrogens with one attached hydrogen (secondary N) is 1. The zero-order valence-electron chi connectivity index (χ0n) is 9.32. The van der Waals surface area contributed by atoms with Gasteiger partial charge in [-0.3, -0.25) is 9.59 Å². The minimum absolute atomic E-state index is 0.00541. The van der Waals surface area contributed by atoms with Crippen LogP contribution < -0.4 is 16.8 Å². The van der Waals surface area contributed by atoms with E-state index >= 15 is 0 Å². The number of carboxylic acid groups (broad SMARTS) is 1. The average molecular weight is 219 g/mol. The van der Waals surface area contributed by atoms with Crippen LogP contribution in [0.15, 0.2) is 0 Å². The van der Waals surface area contributed by atoms with Crippen LogP contribution in [-0.2, 0) is 9.59 Å². The Kier molecular flexibility index (Phi) is 11.9. The van der Waals surface area contributed by atoms with Gasteiger partial charge in [-0.1, -0.05) is 26.7 Å². The van der Waals surface area contributed by atoms with Crippen LogP contribution in [-0.4, -0.2) is 36.1 Å². The molecule has 0 spiro atoms. The molecule has 0 rings (SSSR count). The summed E-state index contributed by atoms with van der Waals surface area (Å²) in [5.74, 6) is -1.66. The van der Waals surface area contributed by atoms with Crippen LogP contribution >= 0.6 is 0 Å². The Morgan fingerprint density at radius 2 is 1.80 bits per heavy atom. The Labute approximate surface area is 90.0 Å². The fourth-order valence-electron chi connectivity index (χ4n) is 0.401. The molecule has 6 heteroatoms. The molecule has 0 saturated heterocycles. The molecule has 0 aromatic carbocycles. The number of hydrogen-bond acceptors (Lipinski definition) is 4. The fourth-order valence-corrected chi connectivity index (χ4v) is 0.401. The van der Waals surface area contributed by atoms with Gasteiger partial charge >= 0.3 is 5.97 Å². The molecule has 0 heterocycles. The molecule has 0 fully saturated rings.